The van der Waals surface area contributed by atoms with Crippen LogP contribution in [-0.4, -0.2) is 36.1 Å². The van der Waals surface area contributed by atoms with Crippen LogP contribution in [0.2, 0.25) is 0 Å². The molecule has 15 heavy (non-hydrogen) atoms. The molecule has 2 heterocycles. The van der Waals surface area contributed by atoms with Gasteiger partial charge in [0, 0.05) is 49.6 Å². The quantitative estimate of drug-likeness (QED) is 0.884. The summed E-state index contributed by atoms with van der Waals surface area (Å²) < 4.78 is 1.13. The maximum absolute atomic E-state index is 4.16. The van der Waals surface area contributed by atoms with Crippen molar-refractivity contribution in [3.8, 4) is 0 Å². The Morgan fingerprint density at radius 2 is 2.13 bits per heavy atom. The third-order valence-electron chi connectivity index (χ3n) is 2.81. The van der Waals surface area contributed by atoms with Gasteiger partial charge in [0.15, 0.2) is 0 Å². The molecular weight excluding hydrogens is 254 g/mol. The summed E-state index contributed by atoms with van der Waals surface area (Å²) in [6.45, 7) is 7.61. The van der Waals surface area contributed by atoms with E-state index >= 15 is 0 Å². The van der Waals surface area contributed by atoms with Crippen molar-refractivity contribution in [3.63, 3.8) is 0 Å². The third kappa shape index (κ3) is 2.77. The summed E-state index contributed by atoms with van der Waals surface area (Å²) in [5.41, 5.74) is 2.63. The molecule has 0 atom stereocenters. The van der Waals surface area contributed by atoms with Gasteiger partial charge in [0.1, 0.15) is 0 Å². The van der Waals surface area contributed by atoms with Crippen LogP contribution in [0.25, 0.3) is 0 Å². The minimum absolute atomic E-state index is 1.02. The molecule has 0 aliphatic carbocycles. The van der Waals surface area contributed by atoms with E-state index in [9.17, 15) is 0 Å². The number of aromatic nitrogens is 1. The number of halogens is 1. The number of hydrogen-bond acceptors (Lipinski definition) is 3. The Hall–Kier alpha value is -0.450. The first kappa shape index (κ1) is 11.0. The number of nitrogens with one attached hydrogen (secondary N) is 1. The lowest BCUT2D eigenvalue weighted by atomic mass is 10.1. The molecule has 1 aromatic heterocycles. The van der Waals surface area contributed by atoms with Crippen molar-refractivity contribution in [3.05, 3.63) is 28.0 Å². The van der Waals surface area contributed by atoms with Crippen LogP contribution >= 0.6 is 15.9 Å². The van der Waals surface area contributed by atoms with Gasteiger partial charge >= 0.3 is 0 Å². The Kier molecular flexibility index (Phi) is 3.72. The molecule has 82 valence electrons. The standard InChI is InChI=1S/C11H16BrN3/c1-9-6-14-7-11(12)10(9)8-15-4-2-13-3-5-15/h6-7,13H,2-5,8H2,1H3. The number of nitrogens with zero attached hydrogens (tertiary/aromatic N) is 2. The molecule has 1 saturated heterocycles. The van der Waals surface area contributed by atoms with Crippen molar-refractivity contribution in [1.29, 1.82) is 0 Å². The van der Waals surface area contributed by atoms with Gasteiger partial charge in [0.25, 0.3) is 0 Å². The number of pyridine rings is 1. The maximum Gasteiger partial charge on any atom is 0.0413 e. The second-order valence-electron chi connectivity index (χ2n) is 3.94. The van der Waals surface area contributed by atoms with E-state index in [4.69, 9.17) is 0 Å². The molecule has 0 saturated carbocycles. The van der Waals surface area contributed by atoms with E-state index in [-0.39, 0.29) is 0 Å². The summed E-state index contributed by atoms with van der Waals surface area (Å²) >= 11 is 3.57. The van der Waals surface area contributed by atoms with Crippen LogP contribution in [0.4, 0.5) is 0 Å². The maximum atomic E-state index is 4.16. The summed E-state index contributed by atoms with van der Waals surface area (Å²) in [5.74, 6) is 0. The summed E-state index contributed by atoms with van der Waals surface area (Å²) in [6, 6.07) is 0. The van der Waals surface area contributed by atoms with Gasteiger partial charge in [-0.2, -0.15) is 0 Å². The van der Waals surface area contributed by atoms with Crippen molar-refractivity contribution in [1.82, 2.24) is 15.2 Å². The van der Waals surface area contributed by atoms with Gasteiger partial charge in [-0.3, -0.25) is 9.88 Å². The number of hydrogen-bond donors (Lipinski definition) is 1. The third-order valence-corrected chi connectivity index (χ3v) is 3.50. The van der Waals surface area contributed by atoms with Gasteiger partial charge in [-0.05, 0) is 34.0 Å². The van der Waals surface area contributed by atoms with Gasteiger partial charge in [0.2, 0.25) is 0 Å². The van der Waals surface area contributed by atoms with Crippen LogP contribution in [0, 0.1) is 6.92 Å². The SMILES string of the molecule is Cc1cncc(Br)c1CN1CCNCC1. The molecule has 0 aromatic carbocycles. The van der Waals surface area contributed by atoms with E-state index < -0.39 is 0 Å². The highest BCUT2D eigenvalue weighted by molar-refractivity contribution is 9.10. The number of piperazine rings is 1. The number of aryl methyl sites for hydroxylation is 1. The molecule has 0 spiro atoms. The molecule has 0 bridgehead atoms. The van der Waals surface area contributed by atoms with Crippen molar-refractivity contribution in [2.24, 2.45) is 0 Å². The first-order chi connectivity index (χ1) is 7.27. The smallest absolute Gasteiger partial charge is 0.0413 e. The molecular formula is C11H16BrN3. The molecule has 1 fully saturated rings. The fourth-order valence-corrected chi connectivity index (χ4v) is 2.41. The van der Waals surface area contributed by atoms with Crippen LogP contribution in [-0.2, 0) is 6.54 Å². The Balaban J connectivity index is 2.09. The highest BCUT2D eigenvalue weighted by Crippen LogP contribution is 2.20. The van der Waals surface area contributed by atoms with Gasteiger partial charge < -0.3 is 5.32 Å². The molecule has 1 aliphatic rings. The largest absolute Gasteiger partial charge is 0.314 e. The lowest BCUT2D eigenvalue weighted by molar-refractivity contribution is 0.232. The minimum atomic E-state index is 1.02. The van der Waals surface area contributed by atoms with E-state index in [2.05, 4.69) is 38.1 Å². The topological polar surface area (TPSA) is 28.2 Å². The van der Waals surface area contributed by atoms with Crippen molar-refractivity contribution in [2.45, 2.75) is 13.5 Å². The predicted molar refractivity (Wildman–Crippen MR) is 64.8 cm³/mol. The molecule has 1 N–H and O–H groups in total. The lowest BCUT2D eigenvalue weighted by Gasteiger charge is -2.28. The summed E-state index contributed by atoms with van der Waals surface area (Å²) in [4.78, 5) is 6.64. The van der Waals surface area contributed by atoms with E-state index in [1.807, 2.05) is 12.4 Å². The normalized spacial score (nSPS) is 18.0. The van der Waals surface area contributed by atoms with Gasteiger partial charge in [0.05, 0.1) is 0 Å². The minimum Gasteiger partial charge on any atom is -0.314 e. The second kappa shape index (κ2) is 5.05. The van der Waals surface area contributed by atoms with Crippen molar-refractivity contribution < 1.29 is 0 Å². The fourth-order valence-electron chi connectivity index (χ4n) is 1.85. The van der Waals surface area contributed by atoms with Crippen LogP contribution in [0.5, 0.6) is 0 Å². The average Bonchev–Trinajstić information content (AvgIpc) is 2.25. The fraction of sp³-hybridized carbons (Fsp3) is 0.545. The molecule has 2 rings (SSSR count). The highest BCUT2D eigenvalue weighted by Gasteiger charge is 2.12. The van der Waals surface area contributed by atoms with E-state index in [1.54, 1.807) is 0 Å². The summed E-state index contributed by atoms with van der Waals surface area (Å²) in [5, 5.41) is 3.36. The average molecular weight is 270 g/mol. The summed E-state index contributed by atoms with van der Waals surface area (Å²) in [6.07, 6.45) is 3.81. The monoisotopic (exact) mass is 269 g/mol. The Morgan fingerprint density at radius 3 is 2.80 bits per heavy atom. The van der Waals surface area contributed by atoms with Crippen molar-refractivity contribution in [2.75, 3.05) is 26.2 Å². The Morgan fingerprint density at radius 1 is 1.40 bits per heavy atom. The van der Waals surface area contributed by atoms with Gasteiger partial charge in [-0.25, -0.2) is 0 Å². The molecule has 1 aliphatic heterocycles. The van der Waals surface area contributed by atoms with Gasteiger partial charge in [-0.1, -0.05) is 0 Å². The molecule has 3 nitrogen and oxygen atoms in total. The van der Waals surface area contributed by atoms with Crippen LogP contribution in [0.3, 0.4) is 0 Å². The second-order valence-corrected chi connectivity index (χ2v) is 4.80. The Labute approximate surface area is 99.0 Å². The Bertz CT molecular complexity index is 314. The number of rotatable bonds is 2. The van der Waals surface area contributed by atoms with E-state index in [0.29, 0.717) is 0 Å². The molecule has 0 amide bonds. The van der Waals surface area contributed by atoms with E-state index in [1.165, 1.54) is 11.1 Å². The zero-order chi connectivity index (χ0) is 10.7. The molecule has 1 aromatic rings. The summed E-state index contributed by atoms with van der Waals surface area (Å²) in [7, 11) is 0. The first-order valence-electron chi connectivity index (χ1n) is 5.29. The zero-order valence-electron chi connectivity index (χ0n) is 8.96. The highest BCUT2D eigenvalue weighted by atomic mass is 79.9. The molecule has 0 unspecified atom stereocenters. The molecule has 0 radical (unpaired) electrons. The van der Waals surface area contributed by atoms with Crippen molar-refractivity contribution >= 4 is 15.9 Å². The molecule has 4 heteroatoms. The van der Waals surface area contributed by atoms with Crippen LogP contribution in [0.1, 0.15) is 11.1 Å². The predicted octanol–water partition coefficient (Wildman–Crippen LogP) is 1.56. The first-order valence-corrected chi connectivity index (χ1v) is 6.09. The van der Waals surface area contributed by atoms with Crippen LogP contribution < -0.4 is 5.32 Å². The lowest BCUT2D eigenvalue weighted by Crippen LogP contribution is -2.43. The zero-order valence-corrected chi connectivity index (χ0v) is 10.5. The van der Waals surface area contributed by atoms with Crippen LogP contribution in [0.15, 0.2) is 16.9 Å². The van der Waals surface area contributed by atoms with Gasteiger partial charge in [-0.15, -0.1) is 0 Å². The van der Waals surface area contributed by atoms with E-state index in [0.717, 1.165) is 37.2 Å².